The molecule has 6 N–H and O–H groups in total. The van der Waals surface area contributed by atoms with Crippen LogP contribution in [-0.2, 0) is 0 Å². The molecule has 2 aromatic carbocycles. The molecule has 8 nitrogen and oxygen atoms in total. The molecule has 0 aliphatic heterocycles. The number of carbonyl (C=O) groups excluding carboxylic acids is 2. The second kappa shape index (κ2) is 4.73. The van der Waals surface area contributed by atoms with Gasteiger partial charge in [0.15, 0.2) is 0 Å². The molecule has 0 atom stereocenters. The lowest BCUT2D eigenvalue weighted by atomic mass is 9.79. The third-order valence-electron chi connectivity index (χ3n) is 3.87. The summed E-state index contributed by atoms with van der Waals surface area (Å²) in [6, 6.07) is 5.48. The lowest BCUT2D eigenvalue weighted by Crippen LogP contribution is -2.25. The Bertz CT molecular complexity index is 974. The molecule has 0 saturated heterocycles. The first-order valence-electron chi connectivity index (χ1n) is 6.54. The van der Waals surface area contributed by atoms with Crippen molar-refractivity contribution in [2.24, 2.45) is 0 Å². The first-order chi connectivity index (χ1) is 11.3. The van der Waals surface area contributed by atoms with E-state index in [9.17, 15) is 30.3 Å². The summed E-state index contributed by atoms with van der Waals surface area (Å²) in [5.41, 5.74) is 8.67. The standard InChI is InChI=1S/C16H8N4O4/c17-3-5-6(4-18)14(20)12-11(13(5)19)15(23)9-7(21)1-2-8(22)10(9)16(12)24/h1-2,21-22H,19-20H2. The summed E-state index contributed by atoms with van der Waals surface area (Å²) in [5.74, 6) is -2.77. The highest BCUT2D eigenvalue weighted by Crippen LogP contribution is 2.43. The molecule has 1 aliphatic carbocycles. The Morgan fingerprint density at radius 1 is 0.750 bits per heavy atom. The molecular formula is C16H8N4O4. The number of phenolic OH excluding ortho intramolecular Hbond substituents is 2. The number of phenols is 2. The molecule has 3 rings (SSSR count). The number of anilines is 2. The van der Waals surface area contributed by atoms with Gasteiger partial charge < -0.3 is 21.7 Å². The first-order valence-corrected chi connectivity index (χ1v) is 6.54. The minimum atomic E-state index is -0.863. The maximum Gasteiger partial charge on any atom is 0.200 e. The smallest absolute Gasteiger partial charge is 0.200 e. The van der Waals surface area contributed by atoms with Crippen molar-refractivity contribution in [3.8, 4) is 23.6 Å². The molecule has 0 aromatic heterocycles. The van der Waals surface area contributed by atoms with E-state index in [2.05, 4.69) is 0 Å². The van der Waals surface area contributed by atoms with Gasteiger partial charge in [-0.15, -0.1) is 0 Å². The summed E-state index contributed by atoms with van der Waals surface area (Å²) in [7, 11) is 0. The number of nitrogens with two attached hydrogens (primary N) is 2. The van der Waals surface area contributed by atoms with Crippen LogP contribution in [0.3, 0.4) is 0 Å². The highest BCUT2D eigenvalue weighted by molar-refractivity contribution is 6.33. The van der Waals surface area contributed by atoms with Crippen LogP contribution in [0.15, 0.2) is 12.1 Å². The van der Waals surface area contributed by atoms with E-state index in [1.54, 1.807) is 12.1 Å². The minimum Gasteiger partial charge on any atom is -0.507 e. The van der Waals surface area contributed by atoms with Crippen LogP contribution in [-0.4, -0.2) is 21.8 Å². The van der Waals surface area contributed by atoms with Gasteiger partial charge in [0.25, 0.3) is 0 Å². The average molecular weight is 320 g/mol. The van der Waals surface area contributed by atoms with Crippen molar-refractivity contribution in [1.29, 1.82) is 10.5 Å². The summed E-state index contributed by atoms with van der Waals surface area (Å²) in [5, 5.41) is 38.2. The maximum absolute atomic E-state index is 12.7. The number of rotatable bonds is 0. The number of nitriles is 2. The predicted octanol–water partition coefficient (Wildman–Crippen LogP) is 0.781. The largest absolute Gasteiger partial charge is 0.507 e. The normalized spacial score (nSPS) is 12.1. The van der Waals surface area contributed by atoms with Crippen molar-refractivity contribution in [2.45, 2.75) is 0 Å². The number of ketones is 2. The highest BCUT2D eigenvalue weighted by atomic mass is 16.3. The van der Waals surface area contributed by atoms with Gasteiger partial charge in [0.05, 0.1) is 44.8 Å². The number of hydrogen-bond acceptors (Lipinski definition) is 8. The van der Waals surface area contributed by atoms with Crippen LogP contribution >= 0.6 is 0 Å². The summed E-state index contributed by atoms with van der Waals surface area (Å²) in [6.07, 6.45) is 0. The Kier molecular flexibility index (Phi) is 2.93. The van der Waals surface area contributed by atoms with Crippen LogP contribution < -0.4 is 11.5 Å². The van der Waals surface area contributed by atoms with Crippen molar-refractivity contribution in [2.75, 3.05) is 11.5 Å². The molecule has 8 heteroatoms. The van der Waals surface area contributed by atoms with E-state index in [1.807, 2.05) is 0 Å². The van der Waals surface area contributed by atoms with Gasteiger partial charge >= 0.3 is 0 Å². The zero-order chi connectivity index (χ0) is 17.8. The summed E-state index contributed by atoms with van der Waals surface area (Å²) in [6.45, 7) is 0. The second-order valence-electron chi connectivity index (χ2n) is 5.06. The number of carbonyl (C=O) groups is 2. The van der Waals surface area contributed by atoms with Crippen molar-refractivity contribution in [3.05, 3.63) is 45.5 Å². The van der Waals surface area contributed by atoms with Gasteiger partial charge in [0.1, 0.15) is 23.6 Å². The van der Waals surface area contributed by atoms with Gasteiger partial charge in [-0.3, -0.25) is 9.59 Å². The van der Waals surface area contributed by atoms with Crippen molar-refractivity contribution >= 4 is 22.9 Å². The molecule has 0 amide bonds. The lowest BCUT2D eigenvalue weighted by molar-refractivity contribution is 0.0975. The number of benzene rings is 2. The van der Waals surface area contributed by atoms with Crippen LogP contribution in [0.2, 0.25) is 0 Å². The highest BCUT2D eigenvalue weighted by Gasteiger charge is 2.39. The van der Waals surface area contributed by atoms with Gasteiger partial charge in [-0.25, -0.2) is 0 Å². The summed E-state index contributed by atoms with van der Waals surface area (Å²) < 4.78 is 0. The van der Waals surface area contributed by atoms with Crippen molar-refractivity contribution < 1.29 is 19.8 Å². The molecule has 0 unspecified atom stereocenters. The minimum absolute atomic E-state index is 0.321. The van der Waals surface area contributed by atoms with E-state index in [4.69, 9.17) is 11.5 Å². The fourth-order valence-corrected chi connectivity index (χ4v) is 2.78. The van der Waals surface area contributed by atoms with Gasteiger partial charge in [-0.2, -0.15) is 10.5 Å². The third kappa shape index (κ3) is 1.59. The summed E-state index contributed by atoms with van der Waals surface area (Å²) >= 11 is 0. The monoisotopic (exact) mass is 320 g/mol. The maximum atomic E-state index is 12.7. The van der Waals surface area contributed by atoms with Crippen LogP contribution in [0.25, 0.3) is 0 Å². The van der Waals surface area contributed by atoms with Crippen LogP contribution in [0, 0.1) is 22.7 Å². The average Bonchev–Trinajstić information content (AvgIpc) is 2.55. The number of fused-ring (bicyclic) bond motifs is 2. The fraction of sp³-hybridized carbons (Fsp3) is 0. The van der Waals surface area contributed by atoms with E-state index >= 15 is 0 Å². The Hall–Kier alpha value is -4.04. The second-order valence-corrected chi connectivity index (χ2v) is 5.06. The SMILES string of the molecule is N#Cc1c(N)c2c(c(N)c1C#N)C(=O)c1c(O)ccc(O)c1C2=O. The molecule has 0 bridgehead atoms. The van der Waals surface area contributed by atoms with Crippen LogP contribution in [0.5, 0.6) is 11.5 Å². The molecule has 0 fully saturated rings. The first kappa shape index (κ1) is 14.9. The zero-order valence-electron chi connectivity index (χ0n) is 11.9. The molecule has 0 radical (unpaired) electrons. The number of aromatic hydroxyl groups is 2. The Morgan fingerprint density at radius 3 is 1.38 bits per heavy atom. The molecule has 24 heavy (non-hydrogen) atoms. The fourth-order valence-electron chi connectivity index (χ4n) is 2.78. The Labute approximate surface area is 134 Å². The van der Waals surface area contributed by atoms with E-state index in [0.29, 0.717) is 0 Å². The molecule has 116 valence electrons. The van der Waals surface area contributed by atoms with Gasteiger partial charge in [0, 0.05) is 0 Å². The predicted molar refractivity (Wildman–Crippen MR) is 81.3 cm³/mol. The quantitative estimate of drug-likeness (QED) is 0.347. The Balaban J connectivity index is 2.54. The van der Waals surface area contributed by atoms with Crippen molar-refractivity contribution in [3.63, 3.8) is 0 Å². The van der Waals surface area contributed by atoms with E-state index in [0.717, 1.165) is 12.1 Å². The molecule has 0 saturated carbocycles. The topological polar surface area (TPSA) is 174 Å². The lowest BCUT2D eigenvalue weighted by Gasteiger charge is -2.23. The number of hydrogen-bond donors (Lipinski definition) is 4. The Morgan fingerprint density at radius 2 is 1.08 bits per heavy atom. The molecule has 0 heterocycles. The molecular weight excluding hydrogens is 312 g/mol. The van der Waals surface area contributed by atoms with E-state index in [-0.39, 0.29) is 33.6 Å². The van der Waals surface area contributed by atoms with Crippen molar-refractivity contribution in [1.82, 2.24) is 0 Å². The molecule has 2 aromatic rings. The van der Waals surface area contributed by atoms with E-state index < -0.39 is 34.2 Å². The molecule has 1 aliphatic rings. The van der Waals surface area contributed by atoms with Gasteiger partial charge in [0.2, 0.25) is 11.6 Å². The van der Waals surface area contributed by atoms with Crippen LogP contribution in [0.4, 0.5) is 11.4 Å². The summed E-state index contributed by atoms with van der Waals surface area (Å²) in [4.78, 5) is 25.4. The van der Waals surface area contributed by atoms with Crippen LogP contribution in [0.1, 0.15) is 43.0 Å². The molecule has 0 spiro atoms. The van der Waals surface area contributed by atoms with Gasteiger partial charge in [-0.05, 0) is 12.1 Å². The number of nitrogen functional groups attached to an aromatic ring is 2. The van der Waals surface area contributed by atoms with Gasteiger partial charge in [-0.1, -0.05) is 0 Å². The zero-order valence-corrected chi connectivity index (χ0v) is 11.9. The van der Waals surface area contributed by atoms with E-state index in [1.165, 1.54) is 0 Å². The third-order valence-corrected chi connectivity index (χ3v) is 3.87. The number of nitrogens with zero attached hydrogens (tertiary/aromatic N) is 2.